The third kappa shape index (κ3) is 6.95. The minimum absolute atomic E-state index is 0.186. The first kappa shape index (κ1) is 12.3. The number of nitrogens with zero attached hydrogens (tertiary/aromatic N) is 1. The van der Waals surface area contributed by atoms with Crippen LogP contribution in [0.25, 0.3) is 0 Å². The molecule has 2 unspecified atom stereocenters. The molecule has 2 atom stereocenters. The Morgan fingerprint density at radius 1 is 1.33 bits per heavy atom. The molecule has 0 bridgehead atoms. The van der Waals surface area contributed by atoms with Crippen LogP contribution in [-0.2, 0) is 0 Å². The van der Waals surface area contributed by atoms with Crippen LogP contribution in [0.15, 0.2) is 0 Å². The van der Waals surface area contributed by atoms with Crippen LogP contribution in [0.5, 0.6) is 0 Å². The number of thioether (sulfide) groups is 1. The Hall–Kier alpha value is 0.270. The quantitative estimate of drug-likeness (QED) is 0.643. The van der Waals surface area contributed by atoms with E-state index in [1.165, 1.54) is 6.42 Å². The highest BCUT2D eigenvalue weighted by Crippen LogP contribution is 2.14. The summed E-state index contributed by atoms with van der Waals surface area (Å²) in [6, 6.07) is 0. The molecule has 0 saturated carbocycles. The van der Waals surface area contributed by atoms with E-state index in [-0.39, 0.29) is 6.10 Å². The lowest BCUT2D eigenvalue weighted by Gasteiger charge is -2.14. The highest BCUT2D eigenvalue weighted by atomic mass is 32.2. The van der Waals surface area contributed by atoms with E-state index < -0.39 is 0 Å². The molecule has 0 spiro atoms. The summed E-state index contributed by atoms with van der Waals surface area (Å²) in [5.74, 6) is 1.14. The maximum atomic E-state index is 9.20. The summed E-state index contributed by atoms with van der Waals surface area (Å²) < 4.78 is 0. The van der Waals surface area contributed by atoms with E-state index in [0.717, 1.165) is 12.3 Å². The zero-order chi connectivity index (χ0) is 9.56. The van der Waals surface area contributed by atoms with Crippen molar-refractivity contribution in [2.24, 2.45) is 0 Å². The molecule has 12 heavy (non-hydrogen) atoms. The van der Waals surface area contributed by atoms with Gasteiger partial charge in [0.1, 0.15) is 0 Å². The first-order chi connectivity index (χ1) is 5.54. The predicted molar refractivity (Wildman–Crippen MR) is 56.8 cm³/mol. The summed E-state index contributed by atoms with van der Waals surface area (Å²) >= 11 is 1.85. The van der Waals surface area contributed by atoms with E-state index in [1.807, 2.05) is 18.7 Å². The molecule has 0 aromatic rings. The second-order valence-corrected chi connectivity index (χ2v) is 4.96. The zero-order valence-electron chi connectivity index (χ0n) is 8.58. The van der Waals surface area contributed by atoms with Crippen molar-refractivity contribution in [2.45, 2.75) is 31.6 Å². The Morgan fingerprint density at radius 3 is 2.33 bits per heavy atom. The van der Waals surface area contributed by atoms with Crippen LogP contribution >= 0.6 is 11.8 Å². The summed E-state index contributed by atoms with van der Waals surface area (Å²) in [5, 5.41) is 9.57. The van der Waals surface area contributed by atoms with Crippen molar-refractivity contribution in [1.82, 2.24) is 4.90 Å². The molecule has 74 valence electrons. The zero-order valence-corrected chi connectivity index (χ0v) is 9.40. The van der Waals surface area contributed by atoms with E-state index in [9.17, 15) is 5.11 Å². The van der Waals surface area contributed by atoms with Crippen molar-refractivity contribution >= 4 is 11.8 Å². The van der Waals surface area contributed by atoms with E-state index in [0.29, 0.717) is 5.25 Å². The number of aliphatic hydroxyl groups excluding tert-OH is 1. The van der Waals surface area contributed by atoms with Crippen LogP contribution in [0.1, 0.15) is 20.3 Å². The van der Waals surface area contributed by atoms with E-state index >= 15 is 0 Å². The second-order valence-electron chi connectivity index (χ2n) is 3.47. The lowest BCUT2D eigenvalue weighted by molar-refractivity contribution is 0.196. The molecule has 1 N–H and O–H groups in total. The van der Waals surface area contributed by atoms with Gasteiger partial charge in [0, 0.05) is 5.25 Å². The minimum Gasteiger partial charge on any atom is -0.392 e. The molecular formula is C9H21NOS. The van der Waals surface area contributed by atoms with Gasteiger partial charge >= 0.3 is 0 Å². The fraction of sp³-hybridized carbons (Fsp3) is 1.00. The van der Waals surface area contributed by atoms with Crippen molar-refractivity contribution in [3.8, 4) is 0 Å². The predicted octanol–water partition coefficient (Wildman–Crippen LogP) is 1.44. The van der Waals surface area contributed by atoms with Gasteiger partial charge in [-0.15, -0.1) is 0 Å². The van der Waals surface area contributed by atoms with Gasteiger partial charge in [-0.05, 0) is 39.7 Å². The van der Waals surface area contributed by atoms with Gasteiger partial charge < -0.3 is 10.0 Å². The Bertz CT molecular complexity index is 107. The van der Waals surface area contributed by atoms with Gasteiger partial charge in [-0.25, -0.2) is 0 Å². The van der Waals surface area contributed by atoms with Crippen LogP contribution in [-0.4, -0.2) is 47.8 Å². The van der Waals surface area contributed by atoms with E-state index in [2.05, 4.69) is 25.9 Å². The molecule has 0 aliphatic rings. The third-order valence-corrected chi connectivity index (χ3v) is 3.25. The lowest BCUT2D eigenvalue weighted by Crippen LogP contribution is -2.17. The standard InChI is InChI=1S/C9H21NOS/c1-8(11)9(2)12-7-5-6-10(3)4/h8-9,11H,5-7H2,1-4H3. The van der Waals surface area contributed by atoms with Crippen molar-refractivity contribution in [3.63, 3.8) is 0 Å². The Labute approximate surface area is 80.3 Å². The monoisotopic (exact) mass is 191 g/mol. The first-order valence-corrected chi connectivity index (χ1v) is 5.53. The number of rotatable bonds is 6. The molecule has 0 fully saturated rings. The van der Waals surface area contributed by atoms with Gasteiger partial charge in [-0.1, -0.05) is 6.92 Å². The van der Waals surface area contributed by atoms with E-state index in [4.69, 9.17) is 0 Å². The van der Waals surface area contributed by atoms with Crippen molar-refractivity contribution in [3.05, 3.63) is 0 Å². The molecule has 0 radical (unpaired) electrons. The molecule has 0 amide bonds. The van der Waals surface area contributed by atoms with Gasteiger partial charge in [0.2, 0.25) is 0 Å². The second kappa shape index (κ2) is 6.75. The van der Waals surface area contributed by atoms with Crippen LogP contribution in [0.3, 0.4) is 0 Å². The smallest absolute Gasteiger partial charge is 0.0627 e. The van der Waals surface area contributed by atoms with Crippen LogP contribution < -0.4 is 0 Å². The number of hydrogen-bond acceptors (Lipinski definition) is 3. The fourth-order valence-electron chi connectivity index (χ4n) is 0.789. The van der Waals surface area contributed by atoms with Crippen molar-refractivity contribution in [2.75, 3.05) is 26.4 Å². The van der Waals surface area contributed by atoms with Gasteiger partial charge in [-0.3, -0.25) is 0 Å². The molecule has 3 heteroatoms. The van der Waals surface area contributed by atoms with Gasteiger partial charge in [0.15, 0.2) is 0 Å². The van der Waals surface area contributed by atoms with Gasteiger partial charge in [0.05, 0.1) is 6.10 Å². The van der Waals surface area contributed by atoms with Crippen LogP contribution in [0.4, 0.5) is 0 Å². The topological polar surface area (TPSA) is 23.5 Å². The minimum atomic E-state index is -0.186. The fourth-order valence-corrected chi connectivity index (χ4v) is 1.74. The normalized spacial score (nSPS) is 16.5. The highest BCUT2D eigenvalue weighted by Gasteiger charge is 2.07. The first-order valence-electron chi connectivity index (χ1n) is 4.48. The maximum absolute atomic E-state index is 9.20. The average Bonchev–Trinajstić information content (AvgIpc) is 1.97. The maximum Gasteiger partial charge on any atom is 0.0627 e. The van der Waals surface area contributed by atoms with E-state index in [1.54, 1.807) is 0 Å². The molecule has 0 aromatic carbocycles. The molecule has 0 aromatic heterocycles. The number of hydrogen-bond donors (Lipinski definition) is 1. The van der Waals surface area contributed by atoms with Crippen LogP contribution in [0, 0.1) is 0 Å². The molecular weight excluding hydrogens is 170 g/mol. The van der Waals surface area contributed by atoms with Crippen LogP contribution in [0.2, 0.25) is 0 Å². The molecule has 0 aliphatic heterocycles. The lowest BCUT2D eigenvalue weighted by atomic mass is 10.3. The molecule has 2 nitrogen and oxygen atoms in total. The third-order valence-electron chi connectivity index (χ3n) is 1.81. The summed E-state index contributed by atoms with van der Waals surface area (Å²) in [4.78, 5) is 2.19. The molecule has 0 rings (SSSR count). The SMILES string of the molecule is CC(O)C(C)SCCCN(C)C. The Kier molecular flexibility index (Phi) is 6.90. The Morgan fingerprint density at radius 2 is 1.92 bits per heavy atom. The molecule has 0 aliphatic carbocycles. The van der Waals surface area contributed by atoms with Gasteiger partial charge in [-0.2, -0.15) is 11.8 Å². The largest absolute Gasteiger partial charge is 0.392 e. The van der Waals surface area contributed by atoms with Crippen molar-refractivity contribution in [1.29, 1.82) is 0 Å². The Balaban J connectivity index is 3.20. The average molecular weight is 191 g/mol. The summed E-state index contributed by atoms with van der Waals surface area (Å²) in [7, 11) is 4.17. The molecule has 0 heterocycles. The molecule has 0 saturated heterocycles. The number of aliphatic hydroxyl groups is 1. The summed E-state index contributed by atoms with van der Waals surface area (Å²) in [5.41, 5.74) is 0. The van der Waals surface area contributed by atoms with Gasteiger partial charge in [0.25, 0.3) is 0 Å². The van der Waals surface area contributed by atoms with Crippen molar-refractivity contribution < 1.29 is 5.11 Å². The summed E-state index contributed by atoms with van der Waals surface area (Å²) in [6.07, 6.45) is 1.02. The highest BCUT2D eigenvalue weighted by molar-refractivity contribution is 7.99. The summed E-state index contributed by atoms with van der Waals surface area (Å²) in [6.45, 7) is 5.06.